The van der Waals surface area contributed by atoms with E-state index >= 15 is 0 Å². The molecule has 1 amide bonds. The maximum absolute atomic E-state index is 12.1. The van der Waals surface area contributed by atoms with Crippen molar-refractivity contribution in [3.63, 3.8) is 0 Å². The lowest BCUT2D eigenvalue weighted by Gasteiger charge is -2.35. The maximum Gasteiger partial charge on any atom is 0.222 e. The Balaban J connectivity index is 1.87. The van der Waals surface area contributed by atoms with Gasteiger partial charge in [0.1, 0.15) is 0 Å². The molecule has 2 N–H and O–H groups in total. The molecule has 168 valence electrons. The summed E-state index contributed by atoms with van der Waals surface area (Å²) in [6.45, 7) is 5.37. The summed E-state index contributed by atoms with van der Waals surface area (Å²) in [6.07, 6.45) is -0.00972. The predicted octanol–water partition coefficient (Wildman–Crippen LogP) is 4.43. The van der Waals surface area contributed by atoms with Crippen LogP contribution < -0.4 is 5.32 Å². The second-order valence-corrected chi connectivity index (χ2v) is 8.60. The van der Waals surface area contributed by atoms with Gasteiger partial charge in [-0.3, -0.25) is 9.69 Å². The van der Waals surface area contributed by atoms with Crippen LogP contribution in [0, 0.1) is 5.92 Å². The van der Waals surface area contributed by atoms with Gasteiger partial charge in [-0.2, -0.15) is 0 Å². The van der Waals surface area contributed by atoms with E-state index in [9.17, 15) is 9.90 Å². The Hall–Kier alpha value is -2.95. The van der Waals surface area contributed by atoms with Gasteiger partial charge in [-0.15, -0.1) is 0 Å². The van der Waals surface area contributed by atoms with Crippen molar-refractivity contribution in [2.45, 2.75) is 45.5 Å². The van der Waals surface area contributed by atoms with Crippen molar-refractivity contribution in [3.8, 4) is 0 Å². The fourth-order valence-electron chi connectivity index (χ4n) is 3.84. The Morgan fingerprint density at radius 1 is 0.781 bits per heavy atom. The van der Waals surface area contributed by atoms with Gasteiger partial charge in [-0.05, 0) is 23.1 Å². The summed E-state index contributed by atoms with van der Waals surface area (Å²) in [6, 6.07) is 30.7. The summed E-state index contributed by atoms with van der Waals surface area (Å²) in [5.41, 5.74) is 3.55. The molecule has 0 fully saturated rings. The monoisotopic (exact) mass is 430 g/mol. The number of benzene rings is 3. The Morgan fingerprint density at radius 3 is 1.66 bits per heavy atom. The van der Waals surface area contributed by atoms with E-state index in [1.165, 1.54) is 11.1 Å². The molecule has 0 unspecified atom stereocenters. The zero-order valence-corrected chi connectivity index (χ0v) is 19.0. The van der Waals surface area contributed by atoms with E-state index < -0.39 is 6.10 Å². The van der Waals surface area contributed by atoms with Crippen LogP contribution in [0.2, 0.25) is 0 Å². The molecule has 0 aliphatic carbocycles. The fourth-order valence-corrected chi connectivity index (χ4v) is 3.84. The van der Waals surface area contributed by atoms with Crippen molar-refractivity contribution in [2.75, 3.05) is 6.54 Å². The van der Waals surface area contributed by atoms with E-state index in [1.54, 1.807) is 0 Å². The van der Waals surface area contributed by atoms with Crippen LogP contribution in [-0.4, -0.2) is 34.6 Å². The second-order valence-electron chi connectivity index (χ2n) is 8.60. The lowest BCUT2D eigenvalue weighted by atomic mass is 9.97. The number of carbonyl (C=O) groups excluding carboxylic acids is 1. The molecular formula is C28H34N2O2. The predicted molar refractivity (Wildman–Crippen MR) is 130 cm³/mol. The number of amides is 1. The number of aliphatic hydroxyl groups is 1. The minimum absolute atomic E-state index is 0.0415. The molecule has 4 heteroatoms. The lowest BCUT2D eigenvalue weighted by molar-refractivity contribution is -0.124. The largest absolute Gasteiger partial charge is 0.390 e. The van der Waals surface area contributed by atoms with Gasteiger partial charge in [0, 0.05) is 31.6 Å². The van der Waals surface area contributed by atoms with Crippen LogP contribution in [0.4, 0.5) is 0 Å². The van der Waals surface area contributed by atoms with Crippen LogP contribution >= 0.6 is 0 Å². The molecule has 0 aliphatic rings. The highest BCUT2D eigenvalue weighted by molar-refractivity contribution is 5.77. The quantitative estimate of drug-likeness (QED) is 0.473. The molecular weight excluding hydrogens is 396 g/mol. The molecule has 3 aromatic rings. The SMILES string of the molecule is CC(C)C(=O)NC[C@H](O)[C@H](Cc1ccccc1)N(Cc1ccccc1)Cc1ccccc1. The molecule has 2 atom stereocenters. The summed E-state index contributed by atoms with van der Waals surface area (Å²) in [5.74, 6) is -0.153. The van der Waals surface area contributed by atoms with Crippen LogP contribution in [0.25, 0.3) is 0 Å². The highest BCUT2D eigenvalue weighted by Crippen LogP contribution is 2.19. The minimum atomic E-state index is -0.703. The van der Waals surface area contributed by atoms with Crippen LogP contribution in [0.3, 0.4) is 0 Å². The molecule has 0 radical (unpaired) electrons. The smallest absolute Gasteiger partial charge is 0.222 e. The van der Waals surface area contributed by atoms with Crippen LogP contribution in [0.5, 0.6) is 0 Å². The zero-order valence-electron chi connectivity index (χ0n) is 19.0. The zero-order chi connectivity index (χ0) is 22.8. The molecule has 3 rings (SSSR count). The Morgan fingerprint density at radius 2 is 1.22 bits per heavy atom. The average Bonchev–Trinajstić information content (AvgIpc) is 2.82. The van der Waals surface area contributed by atoms with Gasteiger partial charge in [-0.1, -0.05) is 105 Å². The van der Waals surface area contributed by atoms with Crippen molar-refractivity contribution in [1.82, 2.24) is 10.2 Å². The highest BCUT2D eigenvalue weighted by atomic mass is 16.3. The number of carbonyl (C=O) groups is 1. The number of nitrogens with one attached hydrogen (secondary N) is 1. The van der Waals surface area contributed by atoms with E-state index in [0.717, 1.165) is 5.56 Å². The summed E-state index contributed by atoms with van der Waals surface area (Å²) in [5, 5.41) is 14.2. The first-order valence-corrected chi connectivity index (χ1v) is 11.3. The third-order valence-corrected chi connectivity index (χ3v) is 5.67. The highest BCUT2D eigenvalue weighted by Gasteiger charge is 2.27. The maximum atomic E-state index is 12.1. The second kappa shape index (κ2) is 12.2. The Labute approximate surface area is 191 Å². The van der Waals surface area contributed by atoms with Gasteiger partial charge in [-0.25, -0.2) is 0 Å². The van der Waals surface area contributed by atoms with E-state index in [-0.39, 0.29) is 24.4 Å². The third kappa shape index (κ3) is 7.33. The summed E-state index contributed by atoms with van der Waals surface area (Å²) < 4.78 is 0. The Bertz CT molecular complexity index is 888. The van der Waals surface area contributed by atoms with E-state index in [4.69, 9.17) is 0 Å². The van der Waals surface area contributed by atoms with Crippen molar-refractivity contribution in [3.05, 3.63) is 108 Å². The molecule has 3 aromatic carbocycles. The van der Waals surface area contributed by atoms with Crippen molar-refractivity contribution < 1.29 is 9.90 Å². The number of hydrogen-bond acceptors (Lipinski definition) is 3. The van der Waals surface area contributed by atoms with Crippen LogP contribution in [0.1, 0.15) is 30.5 Å². The number of aliphatic hydroxyl groups excluding tert-OH is 1. The summed E-state index contributed by atoms with van der Waals surface area (Å²) in [4.78, 5) is 14.5. The van der Waals surface area contributed by atoms with Gasteiger partial charge in [0.15, 0.2) is 0 Å². The van der Waals surface area contributed by atoms with Crippen molar-refractivity contribution in [1.29, 1.82) is 0 Å². The van der Waals surface area contributed by atoms with Crippen molar-refractivity contribution in [2.24, 2.45) is 5.92 Å². The van der Waals surface area contributed by atoms with Gasteiger partial charge in [0.05, 0.1) is 6.10 Å². The van der Waals surface area contributed by atoms with Crippen LogP contribution in [0.15, 0.2) is 91.0 Å². The van der Waals surface area contributed by atoms with E-state index in [1.807, 2.05) is 68.4 Å². The molecule has 0 heterocycles. The number of nitrogens with zero attached hydrogens (tertiary/aromatic N) is 1. The average molecular weight is 431 g/mol. The van der Waals surface area contributed by atoms with Gasteiger partial charge in [0.25, 0.3) is 0 Å². The summed E-state index contributed by atoms with van der Waals surface area (Å²) in [7, 11) is 0. The van der Waals surface area contributed by atoms with E-state index in [0.29, 0.717) is 19.5 Å². The van der Waals surface area contributed by atoms with Gasteiger partial charge < -0.3 is 10.4 Å². The van der Waals surface area contributed by atoms with Gasteiger partial charge in [0.2, 0.25) is 5.91 Å². The molecule has 0 spiro atoms. The Kier molecular flexibility index (Phi) is 9.02. The summed E-state index contributed by atoms with van der Waals surface area (Å²) >= 11 is 0. The topological polar surface area (TPSA) is 52.6 Å². The van der Waals surface area contributed by atoms with Crippen LogP contribution in [-0.2, 0) is 24.3 Å². The molecule has 4 nitrogen and oxygen atoms in total. The first-order valence-electron chi connectivity index (χ1n) is 11.3. The van der Waals surface area contributed by atoms with E-state index in [2.05, 4.69) is 46.6 Å². The standard InChI is InChI=1S/C28H34N2O2/c1-22(2)28(32)29-19-27(31)26(18-23-12-6-3-7-13-23)30(20-24-14-8-4-9-15-24)21-25-16-10-5-11-17-25/h3-17,22,26-27,31H,18-21H2,1-2H3,(H,29,32)/t26-,27-/m0/s1. The van der Waals surface area contributed by atoms with Gasteiger partial charge >= 0.3 is 0 Å². The first kappa shape index (κ1) is 23.7. The lowest BCUT2D eigenvalue weighted by Crippen LogP contribution is -2.49. The number of hydrogen-bond donors (Lipinski definition) is 2. The molecule has 0 saturated carbocycles. The number of rotatable bonds is 11. The normalized spacial score (nSPS) is 13.2. The molecule has 0 aliphatic heterocycles. The third-order valence-electron chi connectivity index (χ3n) is 5.67. The molecule has 32 heavy (non-hydrogen) atoms. The molecule has 0 bridgehead atoms. The van der Waals surface area contributed by atoms with Crippen molar-refractivity contribution >= 4 is 5.91 Å². The fraction of sp³-hybridized carbons (Fsp3) is 0.321. The minimum Gasteiger partial charge on any atom is -0.390 e. The molecule has 0 aromatic heterocycles. The first-order chi connectivity index (χ1) is 15.5. The molecule has 0 saturated heterocycles.